The summed E-state index contributed by atoms with van der Waals surface area (Å²) in [7, 11) is 1.89. The van der Waals surface area contributed by atoms with Gasteiger partial charge in [0.1, 0.15) is 5.75 Å². The molecule has 1 aromatic carbocycles. The summed E-state index contributed by atoms with van der Waals surface area (Å²) in [5.74, 6) is 1.94. The highest BCUT2D eigenvalue weighted by Gasteiger charge is 2.32. The summed E-state index contributed by atoms with van der Waals surface area (Å²) in [4.78, 5) is 15.0. The summed E-state index contributed by atoms with van der Waals surface area (Å²) in [5, 5.41) is 4.25. The van der Waals surface area contributed by atoms with Crippen LogP contribution in [0.5, 0.6) is 17.2 Å². The summed E-state index contributed by atoms with van der Waals surface area (Å²) in [6.07, 6.45) is 6.33. The van der Waals surface area contributed by atoms with E-state index in [1.165, 1.54) is 0 Å². The first-order chi connectivity index (χ1) is 12.6. The minimum atomic E-state index is -0.576. The summed E-state index contributed by atoms with van der Waals surface area (Å²) in [5.41, 5.74) is 1.08. The normalized spacial score (nSPS) is 20.1. The Labute approximate surface area is 152 Å². The lowest BCUT2D eigenvalue weighted by atomic mass is 9.97. The first-order valence-corrected chi connectivity index (χ1v) is 8.97. The number of piperidine rings is 1. The van der Waals surface area contributed by atoms with Gasteiger partial charge in [0, 0.05) is 31.4 Å². The number of rotatable bonds is 4. The van der Waals surface area contributed by atoms with Crippen molar-refractivity contribution in [2.24, 2.45) is 7.05 Å². The van der Waals surface area contributed by atoms with Crippen molar-refractivity contribution < 1.29 is 19.0 Å². The molecule has 1 aromatic heterocycles. The molecular formula is C19H23N3O4. The van der Waals surface area contributed by atoms with E-state index in [0.29, 0.717) is 17.2 Å². The third-order valence-electron chi connectivity index (χ3n) is 4.90. The summed E-state index contributed by atoms with van der Waals surface area (Å²) >= 11 is 0. The van der Waals surface area contributed by atoms with Crippen molar-refractivity contribution in [1.29, 1.82) is 0 Å². The lowest BCUT2D eigenvalue weighted by Crippen LogP contribution is -2.44. The van der Waals surface area contributed by atoms with Crippen LogP contribution in [0.2, 0.25) is 0 Å². The second-order valence-corrected chi connectivity index (χ2v) is 6.77. The number of hydrogen-bond acceptors (Lipinski definition) is 5. The second kappa shape index (κ2) is 6.90. The number of ether oxygens (including phenoxy) is 3. The maximum absolute atomic E-state index is 13.0. The highest BCUT2D eigenvalue weighted by atomic mass is 16.7. The zero-order chi connectivity index (χ0) is 18.1. The molecule has 2 aliphatic heterocycles. The molecule has 2 aliphatic rings. The molecule has 2 atom stereocenters. The Balaban J connectivity index is 1.48. The molecule has 4 rings (SSSR count). The van der Waals surface area contributed by atoms with Gasteiger partial charge >= 0.3 is 0 Å². The van der Waals surface area contributed by atoms with Crippen LogP contribution in [0.1, 0.15) is 37.8 Å². The third-order valence-corrected chi connectivity index (χ3v) is 4.90. The molecule has 26 heavy (non-hydrogen) atoms. The number of fused-ring (bicyclic) bond motifs is 1. The molecule has 2 aromatic rings. The van der Waals surface area contributed by atoms with Crippen LogP contribution in [0.4, 0.5) is 0 Å². The molecule has 0 radical (unpaired) electrons. The largest absolute Gasteiger partial charge is 0.481 e. The number of amides is 1. The van der Waals surface area contributed by atoms with Gasteiger partial charge in [-0.3, -0.25) is 9.48 Å². The monoisotopic (exact) mass is 357 g/mol. The lowest BCUT2D eigenvalue weighted by molar-refractivity contribution is -0.142. The molecule has 1 saturated heterocycles. The molecule has 138 valence electrons. The van der Waals surface area contributed by atoms with E-state index in [2.05, 4.69) is 5.10 Å². The fraction of sp³-hybridized carbons (Fsp3) is 0.474. The predicted octanol–water partition coefficient (Wildman–Crippen LogP) is 2.67. The van der Waals surface area contributed by atoms with Crippen molar-refractivity contribution in [3.8, 4) is 17.2 Å². The highest BCUT2D eigenvalue weighted by Crippen LogP contribution is 2.36. The third kappa shape index (κ3) is 3.21. The zero-order valence-corrected chi connectivity index (χ0v) is 15.1. The van der Waals surface area contributed by atoms with E-state index in [9.17, 15) is 4.79 Å². The molecule has 7 heteroatoms. The average Bonchev–Trinajstić information content (AvgIpc) is 3.29. The Hall–Kier alpha value is -2.70. The number of carbonyl (C=O) groups excluding carboxylic acids is 1. The van der Waals surface area contributed by atoms with E-state index < -0.39 is 6.10 Å². The Morgan fingerprint density at radius 2 is 2.15 bits per heavy atom. The van der Waals surface area contributed by atoms with Crippen molar-refractivity contribution in [1.82, 2.24) is 14.7 Å². The molecule has 0 spiro atoms. The van der Waals surface area contributed by atoms with Crippen molar-refractivity contribution >= 4 is 5.91 Å². The number of aryl methyl sites for hydroxylation is 1. The molecular weight excluding hydrogens is 334 g/mol. The standard InChI is InChI=1S/C19H23N3O4/c1-13(26-15-6-7-17-18(9-15)25-12-24-17)19(23)22-8-4-3-5-16(22)14-10-20-21(2)11-14/h6-7,9-11,13,16H,3-5,8,12H2,1-2H3/t13-,16+/m0/s1. The molecule has 1 fully saturated rings. The van der Waals surface area contributed by atoms with Gasteiger partial charge in [-0.1, -0.05) is 0 Å². The van der Waals surface area contributed by atoms with Crippen molar-refractivity contribution in [3.63, 3.8) is 0 Å². The molecule has 0 unspecified atom stereocenters. The van der Waals surface area contributed by atoms with Gasteiger partial charge in [0.2, 0.25) is 6.79 Å². The fourth-order valence-electron chi connectivity index (χ4n) is 3.59. The highest BCUT2D eigenvalue weighted by molar-refractivity contribution is 5.81. The van der Waals surface area contributed by atoms with Gasteiger partial charge in [-0.25, -0.2) is 0 Å². The molecule has 0 N–H and O–H groups in total. The molecule has 1 amide bonds. The smallest absolute Gasteiger partial charge is 0.263 e. The topological polar surface area (TPSA) is 65.8 Å². The van der Waals surface area contributed by atoms with Crippen molar-refractivity contribution in [2.45, 2.75) is 38.3 Å². The van der Waals surface area contributed by atoms with E-state index in [1.54, 1.807) is 29.8 Å². The van der Waals surface area contributed by atoms with Gasteiger partial charge in [0.15, 0.2) is 17.6 Å². The number of carbonyl (C=O) groups is 1. The van der Waals surface area contributed by atoms with Crippen LogP contribution < -0.4 is 14.2 Å². The number of nitrogens with zero attached hydrogens (tertiary/aromatic N) is 3. The van der Waals surface area contributed by atoms with E-state index >= 15 is 0 Å². The Bertz CT molecular complexity index is 804. The average molecular weight is 357 g/mol. The maximum Gasteiger partial charge on any atom is 0.263 e. The van der Waals surface area contributed by atoms with Crippen LogP contribution in [0.15, 0.2) is 30.6 Å². The van der Waals surface area contributed by atoms with Gasteiger partial charge in [-0.05, 0) is 38.3 Å². The Kier molecular flexibility index (Phi) is 4.44. The van der Waals surface area contributed by atoms with Crippen LogP contribution in [0, 0.1) is 0 Å². The number of aromatic nitrogens is 2. The Morgan fingerprint density at radius 1 is 1.31 bits per heavy atom. The summed E-state index contributed by atoms with van der Waals surface area (Å²) < 4.78 is 18.3. The summed E-state index contributed by atoms with van der Waals surface area (Å²) in [6, 6.07) is 5.43. The van der Waals surface area contributed by atoms with E-state index in [0.717, 1.165) is 31.4 Å². The van der Waals surface area contributed by atoms with Crippen LogP contribution in [-0.4, -0.2) is 40.0 Å². The van der Waals surface area contributed by atoms with Crippen molar-refractivity contribution in [3.05, 3.63) is 36.2 Å². The fourth-order valence-corrected chi connectivity index (χ4v) is 3.59. The van der Waals surface area contributed by atoms with Gasteiger partial charge < -0.3 is 19.1 Å². The minimum Gasteiger partial charge on any atom is -0.481 e. The predicted molar refractivity (Wildman–Crippen MR) is 94.2 cm³/mol. The zero-order valence-electron chi connectivity index (χ0n) is 15.1. The van der Waals surface area contributed by atoms with Crippen LogP contribution in [0.3, 0.4) is 0 Å². The van der Waals surface area contributed by atoms with Gasteiger partial charge in [-0.2, -0.15) is 5.10 Å². The number of benzene rings is 1. The van der Waals surface area contributed by atoms with E-state index in [-0.39, 0.29) is 18.7 Å². The van der Waals surface area contributed by atoms with E-state index in [1.807, 2.05) is 24.3 Å². The quantitative estimate of drug-likeness (QED) is 0.842. The summed E-state index contributed by atoms with van der Waals surface area (Å²) in [6.45, 7) is 2.75. The maximum atomic E-state index is 13.0. The van der Waals surface area contributed by atoms with Crippen LogP contribution in [0.25, 0.3) is 0 Å². The first kappa shape index (κ1) is 16.8. The van der Waals surface area contributed by atoms with Crippen molar-refractivity contribution in [2.75, 3.05) is 13.3 Å². The SMILES string of the molecule is C[C@H](Oc1ccc2c(c1)OCO2)C(=O)N1CCCC[C@@H]1c1cnn(C)c1. The Morgan fingerprint density at radius 3 is 2.96 bits per heavy atom. The van der Waals surface area contributed by atoms with Crippen LogP contribution in [-0.2, 0) is 11.8 Å². The van der Waals surface area contributed by atoms with Gasteiger partial charge in [0.25, 0.3) is 5.91 Å². The number of hydrogen-bond donors (Lipinski definition) is 0. The molecule has 3 heterocycles. The molecule has 0 bridgehead atoms. The second-order valence-electron chi connectivity index (χ2n) is 6.77. The molecule has 0 aliphatic carbocycles. The molecule has 0 saturated carbocycles. The molecule has 7 nitrogen and oxygen atoms in total. The van der Waals surface area contributed by atoms with Crippen LogP contribution >= 0.6 is 0 Å². The minimum absolute atomic E-state index is 0.00350. The van der Waals surface area contributed by atoms with Gasteiger partial charge in [-0.15, -0.1) is 0 Å². The number of likely N-dealkylation sites (tertiary alicyclic amines) is 1. The first-order valence-electron chi connectivity index (χ1n) is 8.97. The lowest BCUT2D eigenvalue weighted by Gasteiger charge is -2.36. The van der Waals surface area contributed by atoms with E-state index in [4.69, 9.17) is 14.2 Å². The van der Waals surface area contributed by atoms with Gasteiger partial charge in [0.05, 0.1) is 12.2 Å².